The molecule has 0 saturated heterocycles. The lowest BCUT2D eigenvalue weighted by molar-refractivity contribution is 0.102. The Balaban J connectivity index is 2.35. The molecule has 0 aliphatic heterocycles. The van der Waals surface area contributed by atoms with Crippen LogP contribution in [-0.2, 0) is 10.0 Å². The number of benzene rings is 2. The summed E-state index contributed by atoms with van der Waals surface area (Å²) >= 11 is 0. The molecule has 2 aromatic carbocycles. The molecule has 5 nitrogen and oxygen atoms in total. The number of carbonyl (C=O) groups excluding carboxylic acids is 1. The fourth-order valence-corrected chi connectivity index (χ4v) is 2.40. The van der Waals surface area contributed by atoms with Crippen molar-refractivity contribution in [1.82, 2.24) is 0 Å². The van der Waals surface area contributed by atoms with Gasteiger partial charge in [0.2, 0.25) is 10.0 Å². The lowest BCUT2D eigenvalue weighted by Gasteiger charge is -2.19. The van der Waals surface area contributed by atoms with Gasteiger partial charge in [-0.2, -0.15) is 0 Å². The number of nitrogens with one attached hydrogen (secondary N) is 1. The van der Waals surface area contributed by atoms with E-state index in [2.05, 4.69) is 5.32 Å². The average Bonchev–Trinajstić information content (AvgIpc) is 2.45. The zero-order valence-corrected chi connectivity index (χ0v) is 12.9. The molecule has 0 aliphatic carbocycles. The van der Waals surface area contributed by atoms with Crippen LogP contribution < -0.4 is 9.62 Å². The van der Waals surface area contributed by atoms with E-state index >= 15 is 0 Å². The van der Waals surface area contributed by atoms with E-state index in [9.17, 15) is 17.6 Å². The van der Waals surface area contributed by atoms with Gasteiger partial charge in [0.25, 0.3) is 5.91 Å². The number of amides is 1. The van der Waals surface area contributed by atoms with E-state index in [-0.39, 0.29) is 11.3 Å². The number of sulfonamides is 1. The van der Waals surface area contributed by atoms with Crippen molar-refractivity contribution in [1.29, 1.82) is 0 Å². The van der Waals surface area contributed by atoms with Crippen LogP contribution in [0.15, 0.2) is 48.5 Å². The predicted octanol–water partition coefficient (Wildman–Crippen LogP) is 2.47. The molecule has 1 amide bonds. The molecule has 0 bridgehead atoms. The van der Waals surface area contributed by atoms with Gasteiger partial charge in [-0.3, -0.25) is 9.10 Å². The van der Waals surface area contributed by atoms with Crippen LogP contribution in [-0.4, -0.2) is 27.6 Å². The van der Waals surface area contributed by atoms with E-state index in [1.54, 1.807) is 18.2 Å². The Morgan fingerprint density at radius 3 is 2.45 bits per heavy atom. The molecule has 0 heterocycles. The number of anilines is 2. The number of halogens is 1. The minimum absolute atomic E-state index is 0.180. The normalized spacial score (nSPS) is 11.0. The Hall–Kier alpha value is -2.41. The maximum atomic E-state index is 13.1. The zero-order chi connectivity index (χ0) is 16.3. The van der Waals surface area contributed by atoms with Crippen LogP contribution in [0.4, 0.5) is 15.8 Å². The van der Waals surface area contributed by atoms with Gasteiger partial charge < -0.3 is 5.32 Å². The summed E-state index contributed by atoms with van der Waals surface area (Å²) in [7, 11) is -2.13. The van der Waals surface area contributed by atoms with Gasteiger partial charge in [-0.1, -0.05) is 18.2 Å². The molecule has 7 heteroatoms. The molecular weight excluding hydrogens is 307 g/mol. The zero-order valence-electron chi connectivity index (χ0n) is 12.1. The third-order valence-electron chi connectivity index (χ3n) is 3.07. The number of rotatable bonds is 4. The summed E-state index contributed by atoms with van der Waals surface area (Å²) in [5, 5.41) is 2.55. The maximum Gasteiger partial charge on any atom is 0.257 e. The van der Waals surface area contributed by atoms with Gasteiger partial charge in [-0.15, -0.1) is 0 Å². The molecule has 0 fully saturated rings. The SMILES string of the molecule is CN(c1ccccc1C(=O)Nc1cccc(F)c1)S(C)(=O)=O. The molecule has 0 radical (unpaired) electrons. The highest BCUT2D eigenvalue weighted by molar-refractivity contribution is 7.92. The first kappa shape index (κ1) is 16.0. The summed E-state index contributed by atoms with van der Waals surface area (Å²) in [5.41, 5.74) is 0.723. The van der Waals surface area contributed by atoms with Crippen molar-refractivity contribution in [2.24, 2.45) is 0 Å². The fourth-order valence-electron chi connectivity index (χ4n) is 1.88. The number of nitrogens with zero attached hydrogens (tertiary/aromatic N) is 1. The quantitative estimate of drug-likeness (QED) is 0.940. The van der Waals surface area contributed by atoms with E-state index < -0.39 is 21.7 Å². The number of para-hydroxylation sites is 1. The summed E-state index contributed by atoms with van der Waals surface area (Å²) in [4.78, 5) is 12.3. The van der Waals surface area contributed by atoms with Gasteiger partial charge in [0.15, 0.2) is 0 Å². The molecule has 0 aromatic heterocycles. The second-order valence-electron chi connectivity index (χ2n) is 4.71. The first-order valence-corrected chi connectivity index (χ1v) is 8.24. The predicted molar refractivity (Wildman–Crippen MR) is 84.0 cm³/mol. The minimum atomic E-state index is -3.50. The molecule has 0 saturated carbocycles. The second-order valence-corrected chi connectivity index (χ2v) is 6.73. The van der Waals surface area contributed by atoms with Crippen LogP contribution in [0.2, 0.25) is 0 Å². The van der Waals surface area contributed by atoms with Crippen molar-refractivity contribution >= 4 is 27.3 Å². The van der Waals surface area contributed by atoms with Crippen molar-refractivity contribution in [2.75, 3.05) is 22.9 Å². The molecule has 116 valence electrons. The van der Waals surface area contributed by atoms with E-state index in [1.807, 2.05) is 0 Å². The van der Waals surface area contributed by atoms with Crippen LogP contribution in [0.1, 0.15) is 10.4 Å². The maximum absolute atomic E-state index is 13.1. The summed E-state index contributed by atoms with van der Waals surface area (Å²) in [6.45, 7) is 0. The van der Waals surface area contributed by atoms with E-state index in [1.165, 1.54) is 37.4 Å². The van der Waals surface area contributed by atoms with E-state index in [0.29, 0.717) is 5.69 Å². The van der Waals surface area contributed by atoms with E-state index in [4.69, 9.17) is 0 Å². The molecule has 2 rings (SSSR count). The van der Waals surface area contributed by atoms with Gasteiger partial charge in [0, 0.05) is 12.7 Å². The number of hydrogen-bond acceptors (Lipinski definition) is 3. The molecular formula is C15H15FN2O3S. The number of hydrogen-bond donors (Lipinski definition) is 1. The largest absolute Gasteiger partial charge is 0.322 e. The summed E-state index contributed by atoms with van der Waals surface area (Å²) in [6.07, 6.45) is 1.05. The fraction of sp³-hybridized carbons (Fsp3) is 0.133. The number of carbonyl (C=O) groups is 1. The Kier molecular flexibility index (Phi) is 4.46. The molecule has 1 N–H and O–H groups in total. The first-order valence-electron chi connectivity index (χ1n) is 6.39. The Morgan fingerprint density at radius 1 is 1.14 bits per heavy atom. The Morgan fingerprint density at radius 2 is 1.82 bits per heavy atom. The lowest BCUT2D eigenvalue weighted by Crippen LogP contribution is -2.27. The van der Waals surface area contributed by atoms with Crippen molar-refractivity contribution in [2.45, 2.75) is 0 Å². The van der Waals surface area contributed by atoms with Crippen molar-refractivity contribution in [3.8, 4) is 0 Å². The minimum Gasteiger partial charge on any atom is -0.322 e. The third-order valence-corrected chi connectivity index (χ3v) is 4.26. The molecule has 0 aliphatic rings. The van der Waals surface area contributed by atoms with Gasteiger partial charge in [0.1, 0.15) is 5.82 Å². The Bertz CT molecular complexity index is 806. The van der Waals surface area contributed by atoms with E-state index in [0.717, 1.165) is 10.6 Å². The van der Waals surface area contributed by atoms with Crippen LogP contribution in [0, 0.1) is 5.82 Å². The van der Waals surface area contributed by atoms with Crippen molar-refractivity contribution < 1.29 is 17.6 Å². The van der Waals surface area contributed by atoms with Gasteiger partial charge in [-0.25, -0.2) is 12.8 Å². The standard InChI is InChI=1S/C15H15FN2O3S/c1-18(22(2,20)21)14-9-4-3-8-13(14)15(19)17-12-7-5-6-11(16)10-12/h3-10H,1-2H3,(H,17,19). The highest BCUT2D eigenvalue weighted by Gasteiger charge is 2.19. The summed E-state index contributed by atoms with van der Waals surface area (Å²) in [6, 6.07) is 11.8. The van der Waals surface area contributed by atoms with Gasteiger partial charge >= 0.3 is 0 Å². The first-order chi connectivity index (χ1) is 10.3. The highest BCUT2D eigenvalue weighted by Crippen LogP contribution is 2.22. The van der Waals surface area contributed by atoms with Crippen LogP contribution in [0.5, 0.6) is 0 Å². The molecule has 0 unspecified atom stereocenters. The molecule has 22 heavy (non-hydrogen) atoms. The third kappa shape index (κ3) is 3.62. The molecule has 0 atom stereocenters. The summed E-state index contributed by atoms with van der Waals surface area (Å²) < 4.78 is 37.5. The van der Waals surface area contributed by atoms with Crippen LogP contribution >= 0.6 is 0 Å². The highest BCUT2D eigenvalue weighted by atomic mass is 32.2. The summed E-state index contributed by atoms with van der Waals surface area (Å²) in [5.74, 6) is -0.990. The monoisotopic (exact) mass is 322 g/mol. The van der Waals surface area contributed by atoms with Gasteiger partial charge in [0.05, 0.1) is 17.5 Å². The van der Waals surface area contributed by atoms with Crippen LogP contribution in [0.3, 0.4) is 0 Å². The van der Waals surface area contributed by atoms with Crippen molar-refractivity contribution in [3.05, 3.63) is 59.9 Å². The molecule has 0 spiro atoms. The Labute approximate surface area is 128 Å². The topological polar surface area (TPSA) is 66.5 Å². The van der Waals surface area contributed by atoms with Crippen molar-refractivity contribution in [3.63, 3.8) is 0 Å². The van der Waals surface area contributed by atoms with Gasteiger partial charge in [-0.05, 0) is 30.3 Å². The second kappa shape index (κ2) is 6.15. The smallest absolute Gasteiger partial charge is 0.257 e. The molecule has 2 aromatic rings. The van der Waals surface area contributed by atoms with Crippen LogP contribution in [0.25, 0.3) is 0 Å². The lowest BCUT2D eigenvalue weighted by atomic mass is 10.1. The average molecular weight is 322 g/mol.